The van der Waals surface area contributed by atoms with E-state index in [1.165, 1.54) is 71.6 Å². The molecule has 10 aromatic carbocycles. The SMILES string of the molecule is c1ccc(-c2ccc(-n3c4ccccc4c4ccc(N(c5ccc(-c6cccc7ccccc67)cc5)c5ccccc5-c5ccccc5)cc43)c(-c3ccccc3)c2)cc1. The molecule has 0 bridgehead atoms. The Bertz CT molecular complexity index is 3290. The van der Waals surface area contributed by atoms with Crippen LogP contribution >= 0.6 is 0 Å². The van der Waals surface area contributed by atoms with Gasteiger partial charge in [0.05, 0.1) is 22.4 Å². The lowest BCUT2D eigenvalue weighted by molar-refractivity contribution is 1.18. The van der Waals surface area contributed by atoms with Gasteiger partial charge in [-0.25, -0.2) is 0 Å². The van der Waals surface area contributed by atoms with Gasteiger partial charge in [0.25, 0.3) is 0 Å². The first-order valence-corrected chi connectivity index (χ1v) is 20.6. The van der Waals surface area contributed by atoms with Crippen LogP contribution in [-0.2, 0) is 0 Å². The van der Waals surface area contributed by atoms with E-state index in [1.54, 1.807) is 0 Å². The van der Waals surface area contributed by atoms with Gasteiger partial charge in [-0.05, 0) is 92.7 Å². The van der Waals surface area contributed by atoms with Gasteiger partial charge in [0.2, 0.25) is 0 Å². The van der Waals surface area contributed by atoms with Gasteiger partial charge in [-0.1, -0.05) is 194 Å². The van der Waals surface area contributed by atoms with Crippen LogP contribution in [0.15, 0.2) is 243 Å². The van der Waals surface area contributed by atoms with Crippen LogP contribution in [0, 0.1) is 0 Å². The van der Waals surface area contributed by atoms with E-state index in [9.17, 15) is 0 Å². The second-order valence-electron chi connectivity index (χ2n) is 15.3. The highest BCUT2D eigenvalue weighted by Crippen LogP contribution is 2.45. The summed E-state index contributed by atoms with van der Waals surface area (Å²) in [6, 6.07) is 87.9. The van der Waals surface area contributed by atoms with Gasteiger partial charge in [0.15, 0.2) is 0 Å². The number of aromatic nitrogens is 1. The van der Waals surface area contributed by atoms with Crippen LogP contribution in [0.4, 0.5) is 17.1 Å². The zero-order valence-electron chi connectivity index (χ0n) is 33.0. The zero-order valence-corrected chi connectivity index (χ0v) is 33.0. The second-order valence-corrected chi connectivity index (χ2v) is 15.3. The number of benzene rings is 10. The molecule has 60 heavy (non-hydrogen) atoms. The van der Waals surface area contributed by atoms with Gasteiger partial charge >= 0.3 is 0 Å². The van der Waals surface area contributed by atoms with Crippen LogP contribution < -0.4 is 4.90 Å². The summed E-state index contributed by atoms with van der Waals surface area (Å²) in [6.45, 7) is 0. The molecule has 0 radical (unpaired) electrons. The van der Waals surface area contributed by atoms with Crippen molar-refractivity contribution >= 4 is 49.6 Å². The Kier molecular flexibility index (Phi) is 8.87. The Hall–Kier alpha value is -7.94. The Morgan fingerprint density at radius 2 is 0.817 bits per heavy atom. The molecule has 0 saturated heterocycles. The van der Waals surface area contributed by atoms with Crippen LogP contribution in [0.1, 0.15) is 0 Å². The molecule has 2 heteroatoms. The first-order chi connectivity index (χ1) is 29.8. The number of nitrogens with zero attached hydrogens (tertiary/aromatic N) is 2. The average molecular weight is 765 g/mol. The molecule has 0 fully saturated rings. The van der Waals surface area contributed by atoms with Crippen LogP contribution in [0.5, 0.6) is 0 Å². The fraction of sp³-hybridized carbons (Fsp3) is 0. The number of hydrogen-bond acceptors (Lipinski definition) is 1. The van der Waals surface area contributed by atoms with Crippen LogP contribution in [0.2, 0.25) is 0 Å². The van der Waals surface area contributed by atoms with Crippen LogP contribution in [-0.4, -0.2) is 4.57 Å². The molecule has 2 nitrogen and oxygen atoms in total. The molecular weight excluding hydrogens is 725 g/mol. The van der Waals surface area contributed by atoms with Crippen LogP contribution in [0.25, 0.3) is 82.8 Å². The third-order valence-corrected chi connectivity index (χ3v) is 11.8. The molecule has 11 rings (SSSR count). The first-order valence-electron chi connectivity index (χ1n) is 20.6. The lowest BCUT2D eigenvalue weighted by atomic mass is 9.97. The number of fused-ring (bicyclic) bond motifs is 4. The summed E-state index contributed by atoms with van der Waals surface area (Å²) >= 11 is 0. The molecule has 11 aromatic rings. The van der Waals surface area contributed by atoms with Gasteiger partial charge in [-0.15, -0.1) is 0 Å². The molecule has 0 amide bonds. The lowest BCUT2D eigenvalue weighted by Gasteiger charge is -2.28. The maximum Gasteiger partial charge on any atom is 0.0562 e. The Balaban J connectivity index is 1.14. The number of hydrogen-bond donors (Lipinski definition) is 0. The van der Waals surface area contributed by atoms with Gasteiger partial charge in [-0.3, -0.25) is 0 Å². The third kappa shape index (κ3) is 6.23. The van der Waals surface area contributed by atoms with E-state index in [-0.39, 0.29) is 0 Å². The first kappa shape index (κ1) is 35.2. The summed E-state index contributed by atoms with van der Waals surface area (Å²) in [5.41, 5.74) is 16.2. The summed E-state index contributed by atoms with van der Waals surface area (Å²) in [4.78, 5) is 2.42. The van der Waals surface area contributed by atoms with Crippen molar-refractivity contribution in [1.29, 1.82) is 0 Å². The molecule has 0 unspecified atom stereocenters. The molecule has 1 heterocycles. The van der Waals surface area contributed by atoms with Gasteiger partial charge in [0, 0.05) is 33.3 Å². The predicted octanol–water partition coefficient (Wildman–Crippen LogP) is 16.1. The topological polar surface area (TPSA) is 8.17 Å². The molecule has 0 aliphatic carbocycles. The van der Waals surface area contributed by atoms with E-state index in [2.05, 4.69) is 252 Å². The summed E-state index contributed by atoms with van der Waals surface area (Å²) in [6.07, 6.45) is 0. The summed E-state index contributed by atoms with van der Waals surface area (Å²) in [5, 5.41) is 4.93. The average Bonchev–Trinajstić information content (AvgIpc) is 3.66. The summed E-state index contributed by atoms with van der Waals surface area (Å²) < 4.78 is 2.47. The maximum absolute atomic E-state index is 2.47. The highest BCUT2D eigenvalue weighted by atomic mass is 15.1. The summed E-state index contributed by atoms with van der Waals surface area (Å²) in [7, 11) is 0. The van der Waals surface area contributed by atoms with Crippen molar-refractivity contribution in [2.45, 2.75) is 0 Å². The second kappa shape index (κ2) is 15.1. The lowest BCUT2D eigenvalue weighted by Crippen LogP contribution is -2.11. The van der Waals surface area contributed by atoms with E-state index in [4.69, 9.17) is 0 Å². The van der Waals surface area contributed by atoms with Crippen molar-refractivity contribution in [3.8, 4) is 50.2 Å². The Labute approximate surface area is 350 Å². The minimum absolute atomic E-state index is 1.08. The fourth-order valence-corrected chi connectivity index (χ4v) is 8.97. The van der Waals surface area contributed by atoms with Crippen molar-refractivity contribution in [3.05, 3.63) is 243 Å². The minimum Gasteiger partial charge on any atom is -0.310 e. The minimum atomic E-state index is 1.08. The van der Waals surface area contributed by atoms with Crippen molar-refractivity contribution in [3.63, 3.8) is 0 Å². The largest absolute Gasteiger partial charge is 0.310 e. The van der Waals surface area contributed by atoms with Crippen molar-refractivity contribution in [2.75, 3.05) is 4.90 Å². The normalized spacial score (nSPS) is 11.3. The van der Waals surface area contributed by atoms with Gasteiger partial charge in [0.1, 0.15) is 0 Å². The van der Waals surface area contributed by atoms with Crippen LogP contribution in [0.3, 0.4) is 0 Å². The Morgan fingerprint density at radius 1 is 0.283 bits per heavy atom. The molecule has 0 spiro atoms. The van der Waals surface area contributed by atoms with E-state index in [1.807, 2.05) is 0 Å². The number of para-hydroxylation sites is 2. The molecular formula is C58H40N2. The quantitative estimate of drug-likeness (QED) is 0.150. The molecule has 0 N–H and O–H groups in total. The maximum atomic E-state index is 2.47. The summed E-state index contributed by atoms with van der Waals surface area (Å²) in [5.74, 6) is 0. The van der Waals surface area contributed by atoms with E-state index < -0.39 is 0 Å². The molecule has 1 aromatic heterocycles. The molecule has 0 aliphatic rings. The zero-order chi connectivity index (χ0) is 39.8. The molecule has 0 saturated carbocycles. The van der Waals surface area contributed by atoms with Gasteiger partial charge in [-0.2, -0.15) is 0 Å². The molecule has 282 valence electrons. The van der Waals surface area contributed by atoms with E-state index >= 15 is 0 Å². The van der Waals surface area contributed by atoms with E-state index in [0.29, 0.717) is 0 Å². The van der Waals surface area contributed by atoms with Crippen molar-refractivity contribution < 1.29 is 0 Å². The molecule has 0 aliphatic heterocycles. The highest BCUT2D eigenvalue weighted by molar-refractivity contribution is 6.11. The fourth-order valence-electron chi connectivity index (χ4n) is 8.97. The number of anilines is 3. The molecule has 0 atom stereocenters. The van der Waals surface area contributed by atoms with Crippen molar-refractivity contribution in [2.24, 2.45) is 0 Å². The number of rotatable bonds is 8. The predicted molar refractivity (Wildman–Crippen MR) is 255 cm³/mol. The van der Waals surface area contributed by atoms with Crippen molar-refractivity contribution in [1.82, 2.24) is 4.57 Å². The smallest absolute Gasteiger partial charge is 0.0562 e. The monoisotopic (exact) mass is 764 g/mol. The standard InChI is InChI=1S/C58H40N2/c1-4-17-41(18-5-1)46-33-38-57(54(39-46)44-21-8-3-9-22-44)60-56-30-15-13-27-52(56)53-37-36-48(40-58(53)60)59(55-29-14-12-26-51(55)43-19-6-2-7-20-43)47-34-31-45(32-35-47)50-28-16-24-42-23-10-11-25-49(42)50/h1-40H. The third-order valence-electron chi connectivity index (χ3n) is 11.8. The van der Waals surface area contributed by atoms with Gasteiger partial charge < -0.3 is 9.47 Å². The van der Waals surface area contributed by atoms with E-state index in [0.717, 1.165) is 28.3 Å². The highest BCUT2D eigenvalue weighted by Gasteiger charge is 2.21. The Morgan fingerprint density at radius 3 is 1.58 bits per heavy atom.